The van der Waals surface area contributed by atoms with Crippen LogP contribution in [0, 0.1) is 0 Å². The minimum Gasteiger partial charge on any atom is -0.432 e. The number of hydrogen-bond donors (Lipinski definition) is 1. The molecule has 0 aliphatic rings. The Morgan fingerprint density at radius 2 is 1.71 bits per heavy atom. The molecule has 0 aliphatic heterocycles. The molecule has 0 bridgehead atoms. The standard InChI is InChI=1S/C19H32O4Si/c1-7-22-18(23-8-2)17(20)13-15-10-9-11-16(12-15)14-19(3,4)24(5,6)21/h9-12,18,21H,7-8,13-14H2,1-6H3. The highest BCUT2D eigenvalue weighted by molar-refractivity contribution is 6.72. The van der Waals surface area contributed by atoms with Crippen LogP contribution in [0.5, 0.6) is 0 Å². The summed E-state index contributed by atoms with van der Waals surface area (Å²) in [5.41, 5.74) is 2.10. The van der Waals surface area contributed by atoms with Gasteiger partial charge in [0, 0.05) is 19.6 Å². The van der Waals surface area contributed by atoms with Gasteiger partial charge in [-0.25, -0.2) is 0 Å². The summed E-state index contributed by atoms with van der Waals surface area (Å²) in [7, 11) is -2.26. The highest BCUT2D eigenvalue weighted by atomic mass is 28.4. The maximum Gasteiger partial charge on any atom is 0.218 e. The predicted octanol–water partition coefficient (Wildman–Crippen LogP) is 3.72. The van der Waals surface area contributed by atoms with Gasteiger partial charge in [-0.1, -0.05) is 38.1 Å². The van der Waals surface area contributed by atoms with Gasteiger partial charge in [-0.15, -0.1) is 0 Å². The third-order valence-corrected chi connectivity index (χ3v) is 8.06. The smallest absolute Gasteiger partial charge is 0.218 e. The molecule has 0 radical (unpaired) electrons. The molecule has 1 rings (SSSR count). The molecule has 0 saturated carbocycles. The van der Waals surface area contributed by atoms with Gasteiger partial charge in [0.2, 0.25) is 6.29 Å². The summed E-state index contributed by atoms with van der Waals surface area (Å²) in [5, 5.41) is -0.130. The summed E-state index contributed by atoms with van der Waals surface area (Å²) in [6.45, 7) is 12.7. The Balaban J connectivity index is 2.83. The van der Waals surface area contributed by atoms with Crippen LogP contribution in [0.15, 0.2) is 24.3 Å². The Morgan fingerprint density at radius 1 is 1.17 bits per heavy atom. The number of hydrogen-bond acceptors (Lipinski definition) is 4. The number of carbonyl (C=O) groups is 1. The van der Waals surface area contributed by atoms with E-state index in [9.17, 15) is 9.59 Å². The van der Waals surface area contributed by atoms with E-state index in [1.807, 2.05) is 39.1 Å². The second kappa shape index (κ2) is 8.90. The van der Waals surface area contributed by atoms with Crippen LogP contribution < -0.4 is 0 Å². The van der Waals surface area contributed by atoms with Crippen LogP contribution in [-0.2, 0) is 27.1 Å². The molecule has 0 fully saturated rings. The van der Waals surface area contributed by atoms with Crippen molar-refractivity contribution in [3.05, 3.63) is 35.4 Å². The van der Waals surface area contributed by atoms with Crippen LogP contribution in [0.2, 0.25) is 18.1 Å². The van der Waals surface area contributed by atoms with E-state index < -0.39 is 14.6 Å². The predicted molar refractivity (Wildman–Crippen MR) is 99.6 cm³/mol. The van der Waals surface area contributed by atoms with Crippen molar-refractivity contribution in [1.29, 1.82) is 0 Å². The number of benzene rings is 1. The molecule has 0 heterocycles. The largest absolute Gasteiger partial charge is 0.432 e. The maximum atomic E-state index is 12.4. The van der Waals surface area contributed by atoms with Crippen molar-refractivity contribution >= 4 is 14.1 Å². The summed E-state index contributed by atoms with van der Waals surface area (Å²) < 4.78 is 10.7. The molecule has 0 unspecified atom stereocenters. The van der Waals surface area contributed by atoms with Crippen LogP contribution in [-0.4, -0.2) is 38.4 Å². The Kier molecular flexibility index (Phi) is 7.80. The zero-order valence-electron chi connectivity index (χ0n) is 15.9. The van der Waals surface area contributed by atoms with Gasteiger partial charge in [0.15, 0.2) is 14.1 Å². The first-order chi connectivity index (χ1) is 11.1. The topological polar surface area (TPSA) is 55.8 Å². The lowest BCUT2D eigenvalue weighted by Gasteiger charge is -2.35. The van der Waals surface area contributed by atoms with Gasteiger partial charge in [-0.2, -0.15) is 0 Å². The zero-order chi connectivity index (χ0) is 18.4. The number of carbonyl (C=O) groups excluding carboxylic acids is 1. The van der Waals surface area contributed by atoms with Crippen molar-refractivity contribution in [1.82, 2.24) is 0 Å². The van der Waals surface area contributed by atoms with E-state index in [1.54, 1.807) is 0 Å². The second-order valence-corrected chi connectivity index (χ2v) is 11.8. The van der Waals surface area contributed by atoms with Crippen molar-refractivity contribution in [3.63, 3.8) is 0 Å². The van der Waals surface area contributed by atoms with Crippen LogP contribution >= 0.6 is 0 Å². The minimum atomic E-state index is -2.26. The first-order valence-electron chi connectivity index (χ1n) is 8.66. The normalized spacial score (nSPS) is 12.7. The molecular formula is C19H32O4Si. The fourth-order valence-electron chi connectivity index (χ4n) is 2.40. The molecule has 0 atom stereocenters. The number of ketones is 1. The highest BCUT2D eigenvalue weighted by Gasteiger charge is 2.37. The lowest BCUT2D eigenvalue weighted by molar-refractivity contribution is -0.167. The van der Waals surface area contributed by atoms with Gasteiger partial charge < -0.3 is 14.3 Å². The average molecular weight is 353 g/mol. The summed E-state index contributed by atoms with van der Waals surface area (Å²) in [6, 6.07) is 8.02. The number of Topliss-reactive ketones (excluding diaryl/α,β-unsaturated/α-hetero) is 1. The van der Waals surface area contributed by atoms with Gasteiger partial charge in [0.1, 0.15) is 0 Å². The quantitative estimate of drug-likeness (QED) is 0.515. The van der Waals surface area contributed by atoms with E-state index in [2.05, 4.69) is 26.0 Å². The summed E-state index contributed by atoms with van der Waals surface area (Å²) in [4.78, 5) is 22.8. The van der Waals surface area contributed by atoms with Gasteiger partial charge in [-0.05, 0) is 49.5 Å². The van der Waals surface area contributed by atoms with E-state index in [0.717, 1.165) is 17.5 Å². The van der Waals surface area contributed by atoms with Crippen molar-refractivity contribution < 1.29 is 19.1 Å². The Hall–Kier alpha value is -1.01. The van der Waals surface area contributed by atoms with Crippen molar-refractivity contribution in [2.45, 2.75) is 65.0 Å². The molecule has 0 aromatic heterocycles. The Morgan fingerprint density at radius 3 is 2.21 bits per heavy atom. The minimum absolute atomic E-state index is 0.0630. The molecule has 1 aromatic rings. The number of ether oxygens (including phenoxy) is 2. The maximum absolute atomic E-state index is 12.4. The van der Waals surface area contributed by atoms with E-state index in [-0.39, 0.29) is 10.8 Å². The second-order valence-electron chi connectivity index (χ2n) is 7.33. The molecule has 0 spiro atoms. The summed E-state index contributed by atoms with van der Waals surface area (Å²) in [5.74, 6) is -0.0630. The van der Waals surface area contributed by atoms with Crippen LogP contribution in [0.4, 0.5) is 0 Å². The van der Waals surface area contributed by atoms with Gasteiger partial charge in [0.25, 0.3) is 0 Å². The molecule has 1 N–H and O–H groups in total. The van der Waals surface area contributed by atoms with Gasteiger partial charge in [-0.3, -0.25) is 4.79 Å². The highest BCUT2D eigenvalue weighted by Crippen LogP contribution is 2.38. The Labute approximate surface area is 147 Å². The first-order valence-corrected chi connectivity index (χ1v) is 11.6. The zero-order valence-corrected chi connectivity index (χ0v) is 16.9. The van der Waals surface area contributed by atoms with Crippen LogP contribution in [0.1, 0.15) is 38.8 Å². The van der Waals surface area contributed by atoms with Gasteiger partial charge in [0.05, 0.1) is 0 Å². The fourth-order valence-corrected chi connectivity index (χ4v) is 3.03. The van der Waals surface area contributed by atoms with Crippen LogP contribution in [0.25, 0.3) is 0 Å². The molecule has 5 heteroatoms. The summed E-state index contributed by atoms with van der Waals surface area (Å²) in [6.07, 6.45) is 0.299. The lowest BCUT2D eigenvalue weighted by atomic mass is 9.98. The van der Waals surface area contributed by atoms with Crippen molar-refractivity contribution in [2.75, 3.05) is 13.2 Å². The summed E-state index contributed by atoms with van der Waals surface area (Å²) >= 11 is 0. The molecule has 4 nitrogen and oxygen atoms in total. The monoisotopic (exact) mass is 352 g/mol. The third kappa shape index (κ3) is 6.13. The molecule has 1 aromatic carbocycles. The molecule has 24 heavy (non-hydrogen) atoms. The molecule has 0 amide bonds. The number of rotatable bonds is 10. The van der Waals surface area contributed by atoms with E-state index >= 15 is 0 Å². The molecule has 0 aliphatic carbocycles. The molecule has 0 saturated heterocycles. The first kappa shape index (κ1) is 21.0. The lowest BCUT2D eigenvalue weighted by Crippen LogP contribution is -2.40. The van der Waals surface area contributed by atoms with E-state index in [1.165, 1.54) is 0 Å². The van der Waals surface area contributed by atoms with Crippen LogP contribution in [0.3, 0.4) is 0 Å². The average Bonchev–Trinajstić information content (AvgIpc) is 2.45. The van der Waals surface area contributed by atoms with E-state index in [0.29, 0.717) is 19.6 Å². The SMILES string of the molecule is CCOC(OCC)C(=O)Cc1cccc(CC(C)(C)[Si](C)(C)O)c1. The van der Waals surface area contributed by atoms with Crippen molar-refractivity contribution in [3.8, 4) is 0 Å². The van der Waals surface area contributed by atoms with E-state index in [4.69, 9.17) is 9.47 Å². The van der Waals surface area contributed by atoms with Gasteiger partial charge >= 0.3 is 0 Å². The fraction of sp³-hybridized carbons (Fsp3) is 0.632. The molecular weight excluding hydrogens is 320 g/mol. The Bertz CT molecular complexity index is 528. The van der Waals surface area contributed by atoms with Crippen molar-refractivity contribution in [2.24, 2.45) is 0 Å². The molecule has 136 valence electrons. The third-order valence-electron chi connectivity index (χ3n) is 4.57.